The van der Waals surface area contributed by atoms with Crippen molar-refractivity contribution in [3.63, 3.8) is 0 Å². The topological polar surface area (TPSA) is 73.3 Å². The second-order valence-corrected chi connectivity index (χ2v) is 6.58. The summed E-state index contributed by atoms with van der Waals surface area (Å²) in [6.45, 7) is 2.23. The Bertz CT molecular complexity index is 798. The number of aliphatic hydroxyl groups is 1. The number of hydrogen-bond acceptors (Lipinski definition) is 5. The minimum atomic E-state index is -0.341. The number of hydrogen-bond donors (Lipinski definition) is 2. The van der Waals surface area contributed by atoms with Gasteiger partial charge in [-0.25, -0.2) is 4.79 Å². The monoisotopic (exact) mass is 332 g/mol. The molecule has 24 heavy (non-hydrogen) atoms. The van der Waals surface area contributed by atoms with E-state index in [1.165, 1.54) is 17.7 Å². The van der Waals surface area contributed by atoms with Crippen molar-refractivity contribution in [3.05, 3.63) is 34.2 Å². The second kappa shape index (κ2) is 6.45. The van der Waals surface area contributed by atoms with Crippen LogP contribution in [0.2, 0.25) is 0 Å². The molecule has 1 aromatic carbocycles. The number of nitrogens with one attached hydrogen (secondary N) is 1. The van der Waals surface area contributed by atoms with Crippen molar-refractivity contribution in [1.29, 1.82) is 0 Å². The molecular formula is C18H22NO5+. The predicted octanol–water partition coefficient (Wildman–Crippen LogP) is 0.841. The number of quaternary nitrogens is 1. The zero-order valence-electron chi connectivity index (χ0n) is 13.5. The first-order valence-electron chi connectivity index (χ1n) is 8.56. The molecule has 1 aromatic heterocycles. The van der Waals surface area contributed by atoms with E-state index in [0.29, 0.717) is 23.1 Å². The quantitative estimate of drug-likeness (QED) is 0.812. The molecule has 3 heterocycles. The molecule has 0 amide bonds. The molecule has 0 saturated carbocycles. The Morgan fingerprint density at radius 3 is 2.83 bits per heavy atom. The number of rotatable bonds is 4. The molecule has 2 N–H and O–H groups in total. The molecule has 2 aliphatic heterocycles. The Hall–Kier alpha value is -2.05. The zero-order chi connectivity index (χ0) is 16.5. The zero-order valence-corrected chi connectivity index (χ0v) is 13.5. The van der Waals surface area contributed by atoms with Gasteiger partial charge >= 0.3 is 5.63 Å². The lowest BCUT2D eigenvalue weighted by molar-refractivity contribution is -0.944. The average Bonchev–Trinajstić information content (AvgIpc) is 3.02. The third-order valence-corrected chi connectivity index (χ3v) is 5.10. The lowest BCUT2D eigenvalue weighted by atomic mass is 9.98. The van der Waals surface area contributed by atoms with Crippen LogP contribution in [0.25, 0.3) is 11.0 Å². The molecule has 6 nitrogen and oxygen atoms in total. The second-order valence-electron chi connectivity index (χ2n) is 6.58. The minimum absolute atomic E-state index is 0.196. The van der Waals surface area contributed by atoms with Crippen LogP contribution in [0, 0.1) is 0 Å². The molecule has 0 spiro atoms. The van der Waals surface area contributed by atoms with E-state index < -0.39 is 0 Å². The van der Waals surface area contributed by atoms with Crippen LogP contribution in [-0.4, -0.2) is 31.1 Å². The summed E-state index contributed by atoms with van der Waals surface area (Å²) in [5, 5.41) is 10.2. The summed E-state index contributed by atoms with van der Waals surface area (Å²) in [5.74, 6) is 1.31. The minimum Gasteiger partial charge on any atom is -0.454 e. The molecule has 0 bridgehead atoms. The molecule has 2 aliphatic rings. The summed E-state index contributed by atoms with van der Waals surface area (Å²) in [6.07, 6.45) is 4.33. The first-order chi connectivity index (χ1) is 11.7. The van der Waals surface area contributed by atoms with Gasteiger partial charge < -0.3 is 23.9 Å². The van der Waals surface area contributed by atoms with E-state index in [9.17, 15) is 9.90 Å². The Morgan fingerprint density at radius 2 is 2.00 bits per heavy atom. The molecule has 1 unspecified atom stereocenters. The van der Waals surface area contributed by atoms with Crippen LogP contribution >= 0.6 is 0 Å². The van der Waals surface area contributed by atoms with E-state index in [2.05, 4.69) is 0 Å². The van der Waals surface area contributed by atoms with Gasteiger partial charge in [-0.2, -0.15) is 0 Å². The molecule has 0 radical (unpaired) electrons. The van der Waals surface area contributed by atoms with Crippen molar-refractivity contribution in [3.8, 4) is 11.5 Å². The number of aliphatic hydroxyl groups excluding tert-OH is 1. The number of ether oxygens (including phenoxy) is 2. The third kappa shape index (κ3) is 2.87. The fourth-order valence-electron chi connectivity index (χ4n) is 3.90. The van der Waals surface area contributed by atoms with Crippen LogP contribution in [-0.2, 0) is 6.54 Å². The molecule has 1 fully saturated rings. The van der Waals surface area contributed by atoms with Crippen LogP contribution in [0.5, 0.6) is 11.5 Å². The van der Waals surface area contributed by atoms with Crippen LogP contribution < -0.4 is 20.0 Å². The Balaban J connectivity index is 1.71. The summed E-state index contributed by atoms with van der Waals surface area (Å²) in [6, 6.07) is 5.67. The van der Waals surface area contributed by atoms with Crippen molar-refractivity contribution >= 4 is 11.0 Å². The Kier molecular flexibility index (Phi) is 4.16. The summed E-state index contributed by atoms with van der Waals surface area (Å²) in [7, 11) is 0. The average molecular weight is 332 g/mol. The van der Waals surface area contributed by atoms with Crippen LogP contribution in [0.3, 0.4) is 0 Å². The molecular weight excluding hydrogens is 310 g/mol. The van der Waals surface area contributed by atoms with Crippen LogP contribution in [0.1, 0.15) is 31.2 Å². The highest BCUT2D eigenvalue weighted by Gasteiger charge is 2.27. The Labute approximate surface area is 139 Å². The van der Waals surface area contributed by atoms with E-state index in [1.54, 1.807) is 12.1 Å². The fraction of sp³-hybridized carbons (Fsp3) is 0.500. The SMILES string of the molecule is O=c1cc(C[NH+]2CCCC[C@@H]2CCO)c2cc3c(cc2o1)OCO3. The highest BCUT2D eigenvalue weighted by Crippen LogP contribution is 2.36. The highest BCUT2D eigenvalue weighted by atomic mass is 16.7. The van der Waals surface area contributed by atoms with Gasteiger partial charge in [0.1, 0.15) is 12.1 Å². The van der Waals surface area contributed by atoms with E-state index in [1.807, 2.05) is 6.07 Å². The first-order valence-corrected chi connectivity index (χ1v) is 8.56. The van der Waals surface area contributed by atoms with Gasteiger partial charge in [0, 0.05) is 36.1 Å². The van der Waals surface area contributed by atoms with Gasteiger partial charge in [0.25, 0.3) is 0 Å². The van der Waals surface area contributed by atoms with E-state index in [0.717, 1.165) is 36.9 Å². The van der Waals surface area contributed by atoms with Crippen molar-refractivity contribution in [1.82, 2.24) is 0 Å². The predicted molar refractivity (Wildman–Crippen MR) is 87.5 cm³/mol. The Morgan fingerprint density at radius 1 is 1.17 bits per heavy atom. The summed E-state index contributed by atoms with van der Waals surface area (Å²) >= 11 is 0. The number of fused-ring (bicyclic) bond motifs is 2. The molecule has 2 atom stereocenters. The number of piperidine rings is 1. The van der Waals surface area contributed by atoms with Gasteiger partial charge in [0.2, 0.25) is 6.79 Å². The maximum Gasteiger partial charge on any atom is 0.336 e. The summed E-state index contributed by atoms with van der Waals surface area (Å²) < 4.78 is 16.2. The van der Waals surface area contributed by atoms with Gasteiger partial charge in [-0.3, -0.25) is 0 Å². The standard InChI is InChI=1S/C18H21NO5/c20-6-4-13-3-1-2-5-19(13)10-12-7-18(21)24-15-9-17-16(8-14(12)15)22-11-23-17/h7-9,13,20H,1-6,10-11H2/p+1/t13-/m1/s1. The lowest BCUT2D eigenvalue weighted by Crippen LogP contribution is -3.15. The summed E-state index contributed by atoms with van der Waals surface area (Å²) in [4.78, 5) is 13.4. The van der Waals surface area contributed by atoms with Gasteiger partial charge in [0.15, 0.2) is 11.5 Å². The van der Waals surface area contributed by atoms with Gasteiger partial charge in [-0.15, -0.1) is 0 Å². The maximum absolute atomic E-state index is 12.0. The van der Waals surface area contributed by atoms with E-state index >= 15 is 0 Å². The van der Waals surface area contributed by atoms with Gasteiger partial charge in [0.05, 0.1) is 12.6 Å². The fourth-order valence-corrected chi connectivity index (χ4v) is 3.90. The van der Waals surface area contributed by atoms with Crippen LogP contribution in [0.15, 0.2) is 27.4 Å². The molecule has 1 saturated heterocycles. The number of benzene rings is 1. The molecule has 6 heteroatoms. The van der Waals surface area contributed by atoms with E-state index in [-0.39, 0.29) is 19.0 Å². The van der Waals surface area contributed by atoms with Crippen molar-refractivity contribution in [2.24, 2.45) is 0 Å². The van der Waals surface area contributed by atoms with Gasteiger partial charge in [-0.1, -0.05) is 0 Å². The molecule has 128 valence electrons. The van der Waals surface area contributed by atoms with Crippen molar-refractivity contribution in [2.45, 2.75) is 38.3 Å². The molecule has 0 aliphatic carbocycles. The maximum atomic E-state index is 12.0. The van der Waals surface area contributed by atoms with Gasteiger partial charge in [-0.05, 0) is 25.3 Å². The molecule has 2 aromatic rings. The van der Waals surface area contributed by atoms with Crippen molar-refractivity contribution in [2.75, 3.05) is 19.9 Å². The number of likely N-dealkylation sites (tertiary alicyclic amines) is 1. The normalized spacial score (nSPS) is 22.9. The molecule has 4 rings (SSSR count). The smallest absolute Gasteiger partial charge is 0.336 e. The third-order valence-electron chi connectivity index (χ3n) is 5.10. The first kappa shape index (κ1) is 15.5. The van der Waals surface area contributed by atoms with Crippen molar-refractivity contribution < 1.29 is 23.9 Å². The van der Waals surface area contributed by atoms with Crippen LogP contribution in [0.4, 0.5) is 0 Å². The highest BCUT2D eigenvalue weighted by molar-refractivity contribution is 5.84. The largest absolute Gasteiger partial charge is 0.454 e. The van der Waals surface area contributed by atoms with E-state index in [4.69, 9.17) is 13.9 Å². The summed E-state index contributed by atoms with van der Waals surface area (Å²) in [5.41, 5.74) is 1.17. The lowest BCUT2D eigenvalue weighted by Gasteiger charge is -2.32.